The van der Waals surface area contributed by atoms with Gasteiger partial charge in [-0.15, -0.1) is 0 Å². The minimum absolute atomic E-state index is 0.355. The molecule has 1 atom stereocenters. The molecular formula is C32H31BrN2O5. The van der Waals surface area contributed by atoms with Gasteiger partial charge in [0, 0.05) is 0 Å². The molecule has 4 aromatic rings. The number of ether oxygens (including phenoxy) is 3. The Morgan fingerprint density at radius 2 is 1.65 bits per heavy atom. The summed E-state index contributed by atoms with van der Waals surface area (Å²) in [4.78, 5) is 25.2. The van der Waals surface area contributed by atoms with E-state index in [1.807, 2.05) is 43.3 Å². The van der Waals surface area contributed by atoms with Gasteiger partial charge in [0.25, 0.3) is 5.91 Å². The van der Waals surface area contributed by atoms with Gasteiger partial charge in [-0.05, 0) is 99.7 Å². The van der Waals surface area contributed by atoms with Gasteiger partial charge in [-0.3, -0.25) is 4.79 Å². The molecule has 0 bridgehead atoms. The predicted molar refractivity (Wildman–Crippen MR) is 160 cm³/mol. The van der Waals surface area contributed by atoms with Crippen molar-refractivity contribution in [2.75, 3.05) is 6.61 Å². The zero-order chi connectivity index (χ0) is 28.3. The van der Waals surface area contributed by atoms with Crippen LogP contribution in [0.5, 0.6) is 17.2 Å². The van der Waals surface area contributed by atoms with E-state index in [-0.39, 0.29) is 5.91 Å². The van der Waals surface area contributed by atoms with Crippen molar-refractivity contribution < 1.29 is 23.8 Å². The predicted octanol–water partition coefficient (Wildman–Crippen LogP) is 7.31. The second-order valence-electron chi connectivity index (χ2n) is 9.03. The zero-order valence-corrected chi connectivity index (χ0v) is 24.0. The van der Waals surface area contributed by atoms with Crippen molar-refractivity contribution in [2.24, 2.45) is 5.10 Å². The number of unbranched alkanes of at least 4 members (excludes halogenated alkanes) is 1. The summed E-state index contributed by atoms with van der Waals surface area (Å²) >= 11 is 3.60. The molecular weight excluding hydrogens is 572 g/mol. The van der Waals surface area contributed by atoms with Crippen molar-refractivity contribution in [1.82, 2.24) is 5.43 Å². The van der Waals surface area contributed by atoms with Crippen molar-refractivity contribution in [1.29, 1.82) is 0 Å². The molecule has 0 spiro atoms. The number of nitrogens with zero attached hydrogens (tertiary/aromatic N) is 1. The van der Waals surface area contributed by atoms with E-state index >= 15 is 0 Å². The van der Waals surface area contributed by atoms with Gasteiger partial charge in [0.1, 0.15) is 17.2 Å². The Hall–Kier alpha value is -4.17. The summed E-state index contributed by atoms with van der Waals surface area (Å²) in [5, 5.41) is 6.14. The van der Waals surface area contributed by atoms with E-state index in [0.717, 1.165) is 39.4 Å². The van der Waals surface area contributed by atoms with Crippen LogP contribution in [0.25, 0.3) is 10.8 Å². The maximum Gasteiger partial charge on any atom is 0.343 e. The molecule has 0 heterocycles. The molecule has 0 unspecified atom stereocenters. The van der Waals surface area contributed by atoms with E-state index in [0.29, 0.717) is 30.1 Å². The number of benzene rings is 4. The van der Waals surface area contributed by atoms with E-state index in [4.69, 9.17) is 14.2 Å². The molecule has 0 aliphatic carbocycles. The number of fused-ring (bicyclic) bond motifs is 1. The van der Waals surface area contributed by atoms with Crippen molar-refractivity contribution >= 4 is 44.8 Å². The Labute approximate surface area is 242 Å². The Bertz CT molecular complexity index is 1470. The molecule has 0 aliphatic heterocycles. The Morgan fingerprint density at radius 3 is 2.38 bits per heavy atom. The third-order valence-electron chi connectivity index (χ3n) is 6.10. The van der Waals surface area contributed by atoms with Gasteiger partial charge in [0.05, 0.1) is 22.9 Å². The Kier molecular flexibility index (Phi) is 10.3. The smallest absolute Gasteiger partial charge is 0.343 e. The van der Waals surface area contributed by atoms with Crippen molar-refractivity contribution in [2.45, 2.75) is 39.2 Å². The van der Waals surface area contributed by atoms with Gasteiger partial charge in [0.15, 0.2) is 6.10 Å². The van der Waals surface area contributed by atoms with Crippen LogP contribution in [0.4, 0.5) is 0 Å². The molecule has 7 nitrogen and oxygen atoms in total. The van der Waals surface area contributed by atoms with Gasteiger partial charge >= 0.3 is 5.97 Å². The lowest BCUT2D eigenvalue weighted by molar-refractivity contribution is -0.128. The maximum absolute atomic E-state index is 12.7. The van der Waals surface area contributed by atoms with Crippen molar-refractivity contribution in [3.8, 4) is 17.2 Å². The molecule has 4 rings (SSSR count). The van der Waals surface area contributed by atoms with Crippen molar-refractivity contribution in [3.63, 3.8) is 0 Å². The van der Waals surface area contributed by atoms with E-state index in [9.17, 15) is 9.59 Å². The molecule has 40 heavy (non-hydrogen) atoms. The van der Waals surface area contributed by atoms with Crippen LogP contribution in [0.3, 0.4) is 0 Å². The van der Waals surface area contributed by atoms with Gasteiger partial charge in [0.2, 0.25) is 0 Å². The SMILES string of the molecule is CCCCOc1ccc(C(=O)Oc2ccc(/C=N\NC(=O)[C@H](CC)Oc3ccc4ccccc4c3Br)cc2)cc1. The standard InChI is InChI=1S/C32H31BrN2O5/c1-3-5-20-38-25-17-12-24(13-18-25)32(37)39-26-15-10-22(11-16-26)21-34-35-31(36)28(4-2)40-29-19-14-23-8-6-7-9-27(23)30(29)33/h6-19,21,28H,3-5,20H2,1-2H3,(H,35,36)/b34-21-/t28-/m0/s1. The summed E-state index contributed by atoms with van der Waals surface area (Å²) in [5.74, 6) is 0.892. The van der Waals surface area contributed by atoms with Crippen LogP contribution in [0, 0.1) is 0 Å². The Balaban J connectivity index is 1.29. The number of nitrogens with one attached hydrogen (secondary N) is 1. The topological polar surface area (TPSA) is 86.2 Å². The summed E-state index contributed by atoms with van der Waals surface area (Å²) in [5.41, 5.74) is 3.69. The molecule has 4 aromatic carbocycles. The van der Waals surface area contributed by atoms with E-state index in [1.165, 1.54) is 6.21 Å². The molecule has 0 saturated heterocycles. The van der Waals surface area contributed by atoms with Crippen molar-refractivity contribution in [3.05, 3.63) is 101 Å². The summed E-state index contributed by atoms with van der Waals surface area (Å²) in [6, 6.07) is 25.4. The number of carbonyl (C=O) groups excluding carboxylic acids is 2. The molecule has 0 saturated carbocycles. The average molecular weight is 604 g/mol. The number of esters is 1. The first-order valence-electron chi connectivity index (χ1n) is 13.2. The van der Waals surface area contributed by atoms with Crippen LogP contribution in [-0.2, 0) is 4.79 Å². The summed E-state index contributed by atoms with van der Waals surface area (Å²) < 4.78 is 17.9. The lowest BCUT2D eigenvalue weighted by atomic mass is 10.1. The second-order valence-corrected chi connectivity index (χ2v) is 9.83. The highest BCUT2D eigenvalue weighted by Gasteiger charge is 2.20. The molecule has 1 N–H and O–H groups in total. The molecule has 0 aliphatic rings. The number of halogens is 1. The molecule has 0 fully saturated rings. The molecule has 1 amide bonds. The number of amides is 1. The number of carbonyl (C=O) groups is 2. The fraction of sp³-hybridized carbons (Fsp3) is 0.219. The maximum atomic E-state index is 12.7. The quantitative estimate of drug-likeness (QED) is 0.0604. The van der Waals surface area contributed by atoms with E-state index in [1.54, 1.807) is 48.5 Å². The average Bonchev–Trinajstić information content (AvgIpc) is 2.98. The number of rotatable bonds is 12. The normalized spacial score (nSPS) is 11.8. The number of hydrogen-bond acceptors (Lipinski definition) is 6. The van der Waals surface area contributed by atoms with Gasteiger partial charge in [-0.2, -0.15) is 5.10 Å². The first-order chi connectivity index (χ1) is 19.5. The Morgan fingerprint density at radius 1 is 0.925 bits per heavy atom. The van der Waals surface area contributed by atoms with Crippen LogP contribution in [0.2, 0.25) is 0 Å². The van der Waals surface area contributed by atoms with E-state index in [2.05, 4.69) is 33.4 Å². The zero-order valence-electron chi connectivity index (χ0n) is 22.4. The fourth-order valence-electron chi connectivity index (χ4n) is 3.83. The highest BCUT2D eigenvalue weighted by molar-refractivity contribution is 9.10. The highest BCUT2D eigenvalue weighted by atomic mass is 79.9. The van der Waals surface area contributed by atoms with Crippen LogP contribution in [0.1, 0.15) is 49.0 Å². The summed E-state index contributed by atoms with van der Waals surface area (Å²) in [6.45, 7) is 4.62. The monoisotopic (exact) mass is 602 g/mol. The van der Waals surface area contributed by atoms with Crippen LogP contribution in [0.15, 0.2) is 94.5 Å². The lowest BCUT2D eigenvalue weighted by Gasteiger charge is -2.17. The van der Waals surface area contributed by atoms with E-state index < -0.39 is 12.1 Å². The van der Waals surface area contributed by atoms with Crippen LogP contribution in [-0.4, -0.2) is 30.8 Å². The fourth-order valence-corrected chi connectivity index (χ4v) is 4.42. The molecule has 0 radical (unpaired) electrons. The summed E-state index contributed by atoms with van der Waals surface area (Å²) in [6.07, 6.45) is 3.31. The first kappa shape index (κ1) is 28.8. The van der Waals surface area contributed by atoms with Gasteiger partial charge in [-0.1, -0.05) is 50.6 Å². The third-order valence-corrected chi connectivity index (χ3v) is 6.91. The lowest BCUT2D eigenvalue weighted by Crippen LogP contribution is -2.35. The minimum atomic E-state index is -0.714. The highest BCUT2D eigenvalue weighted by Crippen LogP contribution is 2.33. The first-order valence-corrected chi connectivity index (χ1v) is 14.0. The third kappa shape index (κ3) is 7.70. The summed E-state index contributed by atoms with van der Waals surface area (Å²) in [7, 11) is 0. The molecule has 206 valence electrons. The molecule has 8 heteroatoms. The second kappa shape index (κ2) is 14.3. The minimum Gasteiger partial charge on any atom is -0.494 e. The van der Waals surface area contributed by atoms with Crippen LogP contribution >= 0.6 is 15.9 Å². The number of hydrogen-bond donors (Lipinski definition) is 1. The largest absolute Gasteiger partial charge is 0.494 e. The van der Waals surface area contributed by atoms with Gasteiger partial charge in [-0.25, -0.2) is 10.2 Å². The van der Waals surface area contributed by atoms with Crippen LogP contribution < -0.4 is 19.6 Å². The van der Waals surface area contributed by atoms with Gasteiger partial charge < -0.3 is 14.2 Å². The molecule has 0 aromatic heterocycles. The number of hydrazone groups is 1.